The standard InChI is InChI=1S/C10H16BrNO2S2/c1-3-16(13)5-4-12-7-8-6-9(11)10(14-2)15-8/h6,12H,3-5,7H2,1-2H3. The molecule has 1 rings (SSSR count). The third-order valence-electron chi connectivity index (χ3n) is 2.02. The van der Waals surface area contributed by atoms with E-state index in [9.17, 15) is 4.21 Å². The van der Waals surface area contributed by atoms with Gasteiger partial charge in [0.2, 0.25) is 0 Å². The molecular formula is C10H16BrNO2S2. The smallest absolute Gasteiger partial charge is 0.188 e. The number of thiophene rings is 1. The molecule has 92 valence electrons. The molecule has 0 aromatic carbocycles. The number of rotatable bonds is 7. The van der Waals surface area contributed by atoms with E-state index in [0.29, 0.717) is 0 Å². The van der Waals surface area contributed by atoms with Gasteiger partial charge in [0, 0.05) is 40.3 Å². The molecule has 3 nitrogen and oxygen atoms in total. The Morgan fingerprint density at radius 1 is 1.62 bits per heavy atom. The predicted molar refractivity (Wildman–Crippen MR) is 73.8 cm³/mol. The van der Waals surface area contributed by atoms with Crippen molar-refractivity contribution in [3.8, 4) is 5.06 Å². The van der Waals surface area contributed by atoms with Crippen molar-refractivity contribution < 1.29 is 8.95 Å². The molecule has 0 fully saturated rings. The summed E-state index contributed by atoms with van der Waals surface area (Å²) in [7, 11) is 0.986. The molecule has 1 aromatic rings. The first kappa shape index (κ1) is 14.2. The highest BCUT2D eigenvalue weighted by atomic mass is 79.9. The third-order valence-corrected chi connectivity index (χ3v) is 5.27. The maximum atomic E-state index is 11.2. The maximum Gasteiger partial charge on any atom is 0.188 e. The summed E-state index contributed by atoms with van der Waals surface area (Å²) in [6.45, 7) is 3.53. The third kappa shape index (κ3) is 4.53. The van der Waals surface area contributed by atoms with Gasteiger partial charge < -0.3 is 10.1 Å². The van der Waals surface area contributed by atoms with Crippen LogP contribution in [-0.2, 0) is 17.3 Å². The van der Waals surface area contributed by atoms with Gasteiger partial charge in [-0.05, 0) is 22.0 Å². The summed E-state index contributed by atoms with van der Waals surface area (Å²) in [6, 6.07) is 2.05. The molecule has 0 aliphatic rings. The van der Waals surface area contributed by atoms with E-state index >= 15 is 0 Å². The first-order valence-corrected chi connectivity index (χ1v) is 8.15. The zero-order valence-electron chi connectivity index (χ0n) is 9.42. The van der Waals surface area contributed by atoms with Crippen LogP contribution < -0.4 is 10.1 Å². The van der Waals surface area contributed by atoms with Gasteiger partial charge in [-0.15, -0.1) is 11.3 Å². The molecule has 0 aliphatic carbocycles. The van der Waals surface area contributed by atoms with Gasteiger partial charge >= 0.3 is 0 Å². The second-order valence-electron chi connectivity index (χ2n) is 3.16. The fourth-order valence-electron chi connectivity index (χ4n) is 1.17. The molecule has 1 atom stereocenters. The Bertz CT molecular complexity index is 355. The van der Waals surface area contributed by atoms with Gasteiger partial charge in [-0.25, -0.2) is 0 Å². The second kappa shape index (κ2) is 7.42. The molecule has 0 spiro atoms. The van der Waals surface area contributed by atoms with Crippen molar-refractivity contribution in [2.24, 2.45) is 0 Å². The lowest BCUT2D eigenvalue weighted by Crippen LogP contribution is -2.20. The van der Waals surface area contributed by atoms with Gasteiger partial charge in [0.05, 0.1) is 11.6 Å². The maximum absolute atomic E-state index is 11.2. The monoisotopic (exact) mass is 325 g/mol. The van der Waals surface area contributed by atoms with Gasteiger partial charge in [-0.3, -0.25) is 4.21 Å². The van der Waals surface area contributed by atoms with Gasteiger partial charge in [0.1, 0.15) is 0 Å². The fraction of sp³-hybridized carbons (Fsp3) is 0.600. The van der Waals surface area contributed by atoms with E-state index in [-0.39, 0.29) is 0 Å². The van der Waals surface area contributed by atoms with Crippen LogP contribution in [0.2, 0.25) is 0 Å². The number of hydrogen-bond donors (Lipinski definition) is 1. The minimum atomic E-state index is -0.679. The highest BCUT2D eigenvalue weighted by Crippen LogP contribution is 2.34. The molecule has 1 N–H and O–H groups in total. The van der Waals surface area contributed by atoms with Gasteiger partial charge in [-0.2, -0.15) is 0 Å². The molecule has 0 bridgehead atoms. The summed E-state index contributed by atoms with van der Waals surface area (Å²) in [5.74, 6) is 1.46. The number of halogens is 1. The van der Waals surface area contributed by atoms with Crippen LogP contribution in [-0.4, -0.2) is 29.4 Å². The highest BCUT2D eigenvalue weighted by Gasteiger charge is 2.06. The van der Waals surface area contributed by atoms with Crippen molar-refractivity contribution in [2.45, 2.75) is 13.5 Å². The van der Waals surface area contributed by atoms with Crippen molar-refractivity contribution in [3.63, 3.8) is 0 Å². The molecule has 1 aromatic heterocycles. The topological polar surface area (TPSA) is 38.3 Å². The van der Waals surface area contributed by atoms with Crippen molar-refractivity contribution >= 4 is 38.1 Å². The summed E-state index contributed by atoms with van der Waals surface area (Å²) in [5, 5.41) is 4.17. The molecule has 6 heteroatoms. The van der Waals surface area contributed by atoms with E-state index in [1.807, 2.05) is 13.0 Å². The molecular weight excluding hydrogens is 310 g/mol. The van der Waals surface area contributed by atoms with E-state index < -0.39 is 10.8 Å². The van der Waals surface area contributed by atoms with E-state index in [1.54, 1.807) is 18.4 Å². The number of hydrogen-bond acceptors (Lipinski definition) is 4. The van der Waals surface area contributed by atoms with Gasteiger partial charge in [-0.1, -0.05) is 6.92 Å². The van der Waals surface area contributed by atoms with E-state index in [1.165, 1.54) is 4.88 Å². The van der Waals surface area contributed by atoms with Crippen LogP contribution in [0.5, 0.6) is 5.06 Å². The molecule has 16 heavy (non-hydrogen) atoms. The van der Waals surface area contributed by atoms with Crippen LogP contribution in [0.25, 0.3) is 0 Å². The first-order chi connectivity index (χ1) is 7.67. The zero-order valence-corrected chi connectivity index (χ0v) is 12.6. The van der Waals surface area contributed by atoms with Crippen molar-refractivity contribution in [2.75, 3.05) is 25.2 Å². The highest BCUT2D eigenvalue weighted by molar-refractivity contribution is 9.10. The summed E-state index contributed by atoms with van der Waals surface area (Å²) < 4.78 is 17.4. The fourth-order valence-corrected chi connectivity index (χ4v) is 3.49. The van der Waals surface area contributed by atoms with Crippen LogP contribution in [0.4, 0.5) is 0 Å². The quantitative estimate of drug-likeness (QED) is 0.782. The van der Waals surface area contributed by atoms with Crippen molar-refractivity contribution in [1.29, 1.82) is 0 Å². The summed E-state index contributed by atoms with van der Waals surface area (Å²) in [4.78, 5) is 1.21. The first-order valence-electron chi connectivity index (χ1n) is 5.05. The molecule has 0 saturated heterocycles. The summed E-state index contributed by atoms with van der Waals surface area (Å²) in [5.41, 5.74) is 0. The molecule has 1 unspecified atom stereocenters. The average Bonchev–Trinajstić information content (AvgIpc) is 2.64. The Hall–Kier alpha value is 0.0900. The minimum Gasteiger partial charge on any atom is -0.486 e. The van der Waals surface area contributed by atoms with Crippen LogP contribution in [0.1, 0.15) is 11.8 Å². The SMILES string of the molecule is CCS(=O)CCNCc1cc(Br)c(OC)s1. The largest absolute Gasteiger partial charge is 0.486 e. The Balaban J connectivity index is 2.29. The minimum absolute atomic E-state index is 0.679. The lowest BCUT2D eigenvalue weighted by molar-refractivity contribution is 0.425. The summed E-state index contributed by atoms with van der Waals surface area (Å²) >= 11 is 5.05. The van der Waals surface area contributed by atoms with Gasteiger partial charge in [0.15, 0.2) is 5.06 Å². The van der Waals surface area contributed by atoms with E-state index in [4.69, 9.17) is 4.74 Å². The van der Waals surface area contributed by atoms with E-state index in [2.05, 4.69) is 21.2 Å². The lowest BCUT2D eigenvalue weighted by Gasteiger charge is -2.01. The van der Waals surface area contributed by atoms with Crippen molar-refractivity contribution in [3.05, 3.63) is 15.4 Å². The zero-order chi connectivity index (χ0) is 12.0. The normalized spacial score (nSPS) is 12.7. The number of nitrogens with one attached hydrogen (secondary N) is 1. The molecule has 0 radical (unpaired) electrons. The Morgan fingerprint density at radius 2 is 2.38 bits per heavy atom. The Labute approximate surface area is 111 Å². The Morgan fingerprint density at radius 3 is 2.94 bits per heavy atom. The molecule has 0 amide bonds. The number of ether oxygens (including phenoxy) is 1. The Kier molecular flexibility index (Phi) is 6.57. The lowest BCUT2D eigenvalue weighted by atomic mass is 10.4. The number of methoxy groups -OCH3 is 1. The average molecular weight is 326 g/mol. The summed E-state index contributed by atoms with van der Waals surface area (Å²) in [6.07, 6.45) is 0. The van der Waals surface area contributed by atoms with Crippen LogP contribution in [0.15, 0.2) is 10.5 Å². The molecule has 1 heterocycles. The van der Waals surface area contributed by atoms with Crippen LogP contribution in [0.3, 0.4) is 0 Å². The molecule has 0 saturated carbocycles. The van der Waals surface area contributed by atoms with Crippen LogP contribution in [0, 0.1) is 0 Å². The second-order valence-corrected chi connectivity index (χ2v) is 6.98. The predicted octanol–water partition coefficient (Wildman–Crippen LogP) is 2.38. The van der Waals surface area contributed by atoms with E-state index in [0.717, 1.165) is 34.1 Å². The van der Waals surface area contributed by atoms with Crippen molar-refractivity contribution in [1.82, 2.24) is 5.32 Å². The van der Waals surface area contributed by atoms with Gasteiger partial charge in [0.25, 0.3) is 0 Å². The molecule has 0 aliphatic heterocycles. The van der Waals surface area contributed by atoms with Crippen LogP contribution >= 0.6 is 27.3 Å².